The fourth-order valence-corrected chi connectivity index (χ4v) is 1.26. The Morgan fingerprint density at radius 3 is 2.73 bits per heavy atom. The van der Waals surface area contributed by atoms with E-state index in [1.54, 1.807) is 0 Å². The van der Waals surface area contributed by atoms with Crippen LogP contribution in [0.2, 0.25) is 0 Å². The fraction of sp³-hybridized carbons (Fsp3) is 0.250. The molecule has 15 heavy (non-hydrogen) atoms. The molecule has 0 bridgehead atoms. The number of methoxy groups -OCH3 is 1. The number of ether oxygens (including phenoxy) is 1. The maximum Gasteiger partial charge on any atom is 0.443 e. The van der Waals surface area contributed by atoms with Gasteiger partial charge in [0.25, 0.3) is 0 Å². The lowest BCUT2D eigenvalue weighted by Gasteiger charge is -1.98. The number of nitrogens with zero attached hydrogens (tertiary/aromatic N) is 1. The highest BCUT2D eigenvalue weighted by Crippen LogP contribution is 2.31. The van der Waals surface area contributed by atoms with Crippen molar-refractivity contribution in [2.75, 3.05) is 7.11 Å². The van der Waals surface area contributed by atoms with Crippen molar-refractivity contribution in [3.8, 4) is 11.8 Å². The summed E-state index contributed by atoms with van der Waals surface area (Å²) in [5.74, 6) is 3.42. The monoisotopic (exact) mass is 235 g/mol. The summed E-state index contributed by atoms with van der Waals surface area (Å²) in [6.07, 6.45) is -3.51. The fourth-order valence-electron chi connectivity index (χ4n) is 0.627. The average molecular weight is 235 g/mol. The molecule has 0 spiro atoms. The number of thiazole rings is 1. The molecule has 0 N–H and O–H groups in total. The van der Waals surface area contributed by atoms with Crippen molar-refractivity contribution >= 4 is 17.3 Å². The van der Waals surface area contributed by atoms with Crippen molar-refractivity contribution in [3.05, 3.63) is 16.1 Å². The Hall–Kier alpha value is -1.55. The Morgan fingerprint density at radius 2 is 2.27 bits per heavy atom. The van der Waals surface area contributed by atoms with Crippen LogP contribution in [0.15, 0.2) is 6.20 Å². The van der Waals surface area contributed by atoms with Crippen LogP contribution < -0.4 is 0 Å². The van der Waals surface area contributed by atoms with Gasteiger partial charge in [0.05, 0.1) is 18.2 Å². The van der Waals surface area contributed by atoms with Gasteiger partial charge in [-0.1, -0.05) is 0 Å². The lowest BCUT2D eigenvalue weighted by molar-refractivity contribution is -0.137. The lowest BCUT2D eigenvalue weighted by Crippen LogP contribution is -2.02. The third-order valence-electron chi connectivity index (χ3n) is 1.22. The summed E-state index contributed by atoms with van der Waals surface area (Å²) >= 11 is 0.375. The quantitative estimate of drug-likeness (QED) is 0.507. The smallest absolute Gasteiger partial charge is 0.443 e. The highest BCUT2D eigenvalue weighted by molar-refractivity contribution is 7.12. The van der Waals surface area contributed by atoms with Gasteiger partial charge in [-0.25, -0.2) is 9.78 Å². The van der Waals surface area contributed by atoms with Gasteiger partial charge in [-0.05, 0) is 5.92 Å². The van der Waals surface area contributed by atoms with Gasteiger partial charge in [-0.2, -0.15) is 13.2 Å². The normalized spacial score (nSPS) is 10.4. The number of halogens is 3. The molecule has 1 heterocycles. The molecule has 0 aliphatic carbocycles. The third-order valence-corrected chi connectivity index (χ3v) is 2.18. The van der Waals surface area contributed by atoms with Gasteiger partial charge in [0.2, 0.25) is 0 Å². The summed E-state index contributed by atoms with van der Waals surface area (Å²) in [4.78, 5) is 13.7. The standard InChI is InChI=1S/C8H4F3NO2S/c1-14-6(13)3-2-5-4-12-7(15-5)8(9,10)11/h4H,1H3. The maximum absolute atomic E-state index is 12.1. The number of carbonyl (C=O) groups excluding carboxylic acids is 1. The van der Waals surface area contributed by atoms with Crippen molar-refractivity contribution in [2.24, 2.45) is 0 Å². The largest absolute Gasteiger partial charge is 0.459 e. The Morgan fingerprint density at radius 1 is 1.60 bits per heavy atom. The summed E-state index contributed by atoms with van der Waals surface area (Å²) < 4.78 is 40.4. The summed E-state index contributed by atoms with van der Waals surface area (Å²) in [5.41, 5.74) is 0. The first-order chi connectivity index (χ1) is 6.93. The molecular weight excluding hydrogens is 231 g/mol. The first kappa shape index (κ1) is 11.5. The molecule has 0 unspecified atom stereocenters. The van der Waals surface area contributed by atoms with Crippen LogP contribution in [-0.2, 0) is 15.7 Å². The Bertz CT molecular complexity index is 427. The number of aromatic nitrogens is 1. The van der Waals surface area contributed by atoms with E-state index in [2.05, 4.69) is 15.6 Å². The molecule has 80 valence electrons. The molecule has 1 aromatic heterocycles. The second-order valence-electron chi connectivity index (χ2n) is 2.27. The van der Waals surface area contributed by atoms with Crippen molar-refractivity contribution in [1.82, 2.24) is 4.98 Å². The minimum atomic E-state index is -4.48. The number of hydrogen-bond donors (Lipinski definition) is 0. The molecule has 0 aliphatic heterocycles. The predicted molar refractivity (Wildman–Crippen MR) is 46.0 cm³/mol. The molecular formula is C8H4F3NO2S. The minimum Gasteiger partial charge on any atom is -0.459 e. The van der Waals surface area contributed by atoms with Crippen molar-refractivity contribution in [2.45, 2.75) is 6.18 Å². The highest BCUT2D eigenvalue weighted by Gasteiger charge is 2.34. The van der Waals surface area contributed by atoms with Crippen LogP contribution in [-0.4, -0.2) is 18.1 Å². The summed E-state index contributed by atoms with van der Waals surface area (Å²) in [5, 5.41) is -0.989. The van der Waals surface area contributed by atoms with E-state index in [0.717, 1.165) is 13.3 Å². The molecule has 0 atom stereocenters. The van der Waals surface area contributed by atoms with E-state index in [1.165, 1.54) is 0 Å². The van der Waals surface area contributed by atoms with Gasteiger partial charge >= 0.3 is 12.1 Å². The zero-order valence-corrected chi connectivity index (χ0v) is 8.20. The molecule has 1 aromatic rings. The topological polar surface area (TPSA) is 39.2 Å². The first-order valence-corrected chi connectivity index (χ1v) is 4.38. The van der Waals surface area contributed by atoms with Gasteiger partial charge in [-0.15, -0.1) is 11.3 Å². The van der Waals surface area contributed by atoms with E-state index in [-0.39, 0.29) is 4.88 Å². The van der Waals surface area contributed by atoms with Crippen LogP contribution >= 0.6 is 11.3 Å². The molecule has 0 saturated carbocycles. The van der Waals surface area contributed by atoms with E-state index in [4.69, 9.17) is 0 Å². The van der Waals surface area contributed by atoms with Crippen molar-refractivity contribution in [1.29, 1.82) is 0 Å². The maximum atomic E-state index is 12.1. The van der Waals surface area contributed by atoms with Gasteiger partial charge in [0.15, 0.2) is 5.01 Å². The summed E-state index contributed by atoms with van der Waals surface area (Å²) in [6.45, 7) is 0. The average Bonchev–Trinajstić information content (AvgIpc) is 2.61. The Labute approximate surface area is 86.9 Å². The number of carbonyl (C=O) groups is 1. The van der Waals surface area contributed by atoms with Crippen molar-refractivity contribution in [3.63, 3.8) is 0 Å². The van der Waals surface area contributed by atoms with E-state index in [1.807, 2.05) is 5.92 Å². The zero-order valence-electron chi connectivity index (χ0n) is 7.38. The summed E-state index contributed by atoms with van der Waals surface area (Å²) in [7, 11) is 1.13. The highest BCUT2D eigenvalue weighted by atomic mass is 32.1. The van der Waals surface area contributed by atoms with Crippen LogP contribution in [0.25, 0.3) is 0 Å². The molecule has 0 amide bonds. The Balaban J connectivity index is 2.85. The van der Waals surface area contributed by atoms with Crippen LogP contribution in [0.3, 0.4) is 0 Å². The molecule has 0 aromatic carbocycles. The number of esters is 1. The second kappa shape index (κ2) is 4.31. The molecule has 0 fully saturated rings. The van der Waals surface area contributed by atoms with Crippen molar-refractivity contribution < 1.29 is 22.7 Å². The molecule has 3 nitrogen and oxygen atoms in total. The van der Waals surface area contributed by atoms with Gasteiger partial charge in [0, 0.05) is 5.92 Å². The third kappa shape index (κ3) is 3.25. The Kier molecular flexibility index (Phi) is 3.31. The molecule has 0 radical (unpaired) electrons. The van der Waals surface area contributed by atoms with E-state index >= 15 is 0 Å². The van der Waals surface area contributed by atoms with Crippen LogP contribution in [0.1, 0.15) is 9.88 Å². The van der Waals surface area contributed by atoms with E-state index in [0.29, 0.717) is 11.3 Å². The summed E-state index contributed by atoms with van der Waals surface area (Å²) in [6, 6.07) is 0. The zero-order chi connectivity index (χ0) is 11.5. The molecule has 1 rings (SSSR count). The molecule has 7 heteroatoms. The molecule has 0 saturated heterocycles. The van der Waals surface area contributed by atoms with Crippen LogP contribution in [0.4, 0.5) is 13.2 Å². The van der Waals surface area contributed by atoms with Gasteiger partial charge in [-0.3, -0.25) is 0 Å². The van der Waals surface area contributed by atoms with Crippen LogP contribution in [0.5, 0.6) is 0 Å². The lowest BCUT2D eigenvalue weighted by atomic mass is 10.5. The van der Waals surface area contributed by atoms with Gasteiger partial charge in [0.1, 0.15) is 0 Å². The first-order valence-electron chi connectivity index (χ1n) is 3.56. The number of alkyl halides is 3. The van der Waals surface area contributed by atoms with E-state index in [9.17, 15) is 18.0 Å². The van der Waals surface area contributed by atoms with E-state index < -0.39 is 17.2 Å². The predicted octanol–water partition coefficient (Wildman–Crippen LogP) is 1.69. The minimum absolute atomic E-state index is 0.0627. The second-order valence-corrected chi connectivity index (χ2v) is 3.30. The SMILES string of the molecule is COC(=O)C#Cc1cnc(C(F)(F)F)s1. The van der Waals surface area contributed by atoms with Gasteiger partial charge < -0.3 is 4.74 Å². The van der Waals surface area contributed by atoms with Crippen LogP contribution in [0, 0.1) is 11.8 Å². The molecule has 0 aliphatic rings. The number of rotatable bonds is 0. The number of hydrogen-bond acceptors (Lipinski definition) is 4.